The van der Waals surface area contributed by atoms with Gasteiger partial charge in [0, 0.05) is 18.9 Å². The number of aromatic nitrogens is 1. The number of amides is 1. The Morgan fingerprint density at radius 1 is 1.23 bits per heavy atom. The average molecular weight is 300 g/mol. The Morgan fingerprint density at radius 2 is 1.91 bits per heavy atom. The fourth-order valence-electron chi connectivity index (χ4n) is 2.55. The van der Waals surface area contributed by atoms with Crippen LogP contribution in [-0.4, -0.2) is 28.5 Å². The molecule has 1 aromatic heterocycles. The first-order valence-electron chi connectivity index (χ1n) is 7.22. The molecule has 1 aromatic carbocycles. The summed E-state index contributed by atoms with van der Waals surface area (Å²) in [7, 11) is 0. The van der Waals surface area contributed by atoms with Crippen LogP contribution in [0.25, 0.3) is 0 Å². The van der Waals surface area contributed by atoms with Crippen LogP contribution in [0.2, 0.25) is 0 Å². The number of hydrogen-bond donors (Lipinski definition) is 3. The van der Waals surface area contributed by atoms with Crippen molar-refractivity contribution < 1.29 is 14.7 Å². The minimum atomic E-state index is -1.12. The summed E-state index contributed by atoms with van der Waals surface area (Å²) in [6.07, 6.45) is 3.73. The molecule has 0 saturated carbocycles. The number of carboxylic acids is 1. The summed E-state index contributed by atoms with van der Waals surface area (Å²) in [5.41, 5.74) is 0.926. The lowest BCUT2D eigenvalue weighted by molar-refractivity contribution is -0.143. The van der Waals surface area contributed by atoms with Crippen molar-refractivity contribution in [1.29, 1.82) is 0 Å². The lowest BCUT2D eigenvalue weighted by Crippen LogP contribution is -2.46. The van der Waals surface area contributed by atoms with Crippen LogP contribution >= 0.6 is 0 Å². The second kappa shape index (κ2) is 6.47. The molecular formula is C17H20N2O3. The van der Waals surface area contributed by atoms with Crippen LogP contribution in [0.15, 0.2) is 42.7 Å². The van der Waals surface area contributed by atoms with E-state index < -0.39 is 11.4 Å². The van der Waals surface area contributed by atoms with E-state index in [2.05, 4.69) is 10.3 Å². The van der Waals surface area contributed by atoms with Crippen LogP contribution < -0.4 is 5.32 Å². The molecule has 0 aliphatic heterocycles. The summed E-state index contributed by atoms with van der Waals surface area (Å²) < 4.78 is 0. The molecule has 0 aliphatic rings. The summed E-state index contributed by atoms with van der Waals surface area (Å²) in [6.45, 7) is 3.69. The maximum absolute atomic E-state index is 12.2. The van der Waals surface area contributed by atoms with Crippen LogP contribution in [0, 0.1) is 6.92 Å². The van der Waals surface area contributed by atoms with Crippen LogP contribution in [0.4, 0.5) is 0 Å². The van der Waals surface area contributed by atoms with E-state index in [0.29, 0.717) is 17.5 Å². The zero-order valence-electron chi connectivity index (χ0n) is 12.7. The predicted molar refractivity (Wildman–Crippen MR) is 83.9 cm³/mol. The van der Waals surface area contributed by atoms with E-state index in [4.69, 9.17) is 0 Å². The van der Waals surface area contributed by atoms with Gasteiger partial charge < -0.3 is 15.4 Å². The molecule has 1 heterocycles. The Labute approximate surface area is 129 Å². The van der Waals surface area contributed by atoms with Gasteiger partial charge in [0.05, 0.1) is 5.56 Å². The van der Waals surface area contributed by atoms with E-state index in [1.54, 1.807) is 36.7 Å². The summed E-state index contributed by atoms with van der Waals surface area (Å²) in [5.74, 6) is -1.21. The van der Waals surface area contributed by atoms with E-state index >= 15 is 0 Å². The van der Waals surface area contributed by atoms with Gasteiger partial charge in [-0.05, 0) is 24.5 Å². The molecule has 5 heteroatoms. The second-order valence-corrected chi connectivity index (χ2v) is 5.34. The van der Waals surface area contributed by atoms with Crippen LogP contribution in [0.3, 0.4) is 0 Å². The number of aromatic amines is 1. The molecule has 3 N–H and O–H groups in total. The van der Waals surface area contributed by atoms with Crippen LogP contribution in [-0.2, 0) is 10.2 Å². The fourth-order valence-corrected chi connectivity index (χ4v) is 2.55. The van der Waals surface area contributed by atoms with Crippen molar-refractivity contribution in [3.05, 3.63) is 59.4 Å². The molecule has 5 nitrogen and oxygen atoms in total. The van der Waals surface area contributed by atoms with E-state index in [9.17, 15) is 14.7 Å². The zero-order valence-corrected chi connectivity index (χ0v) is 12.7. The van der Waals surface area contributed by atoms with Crippen molar-refractivity contribution in [2.45, 2.75) is 25.7 Å². The molecule has 22 heavy (non-hydrogen) atoms. The molecular weight excluding hydrogens is 280 g/mol. The molecule has 0 fully saturated rings. The third kappa shape index (κ3) is 2.88. The Bertz CT molecular complexity index is 664. The number of H-pyrrole nitrogens is 1. The van der Waals surface area contributed by atoms with Gasteiger partial charge in [-0.25, -0.2) is 0 Å². The van der Waals surface area contributed by atoms with Gasteiger partial charge >= 0.3 is 5.97 Å². The van der Waals surface area contributed by atoms with E-state index in [0.717, 1.165) is 5.56 Å². The van der Waals surface area contributed by atoms with Crippen molar-refractivity contribution in [2.24, 2.45) is 0 Å². The van der Waals surface area contributed by atoms with E-state index in [1.807, 2.05) is 19.9 Å². The lowest BCUT2D eigenvalue weighted by Gasteiger charge is -2.29. The molecule has 0 saturated heterocycles. The molecule has 1 atom stereocenters. The van der Waals surface area contributed by atoms with Crippen molar-refractivity contribution in [3.8, 4) is 0 Å². The second-order valence-electron chi connectivity index (χ2n) is 5.34. The van der Waals surface area contributed by atoms with Gasteiger partial charge in [0.25, 0.3) is 5.91 Å². The largest absolute Gasteiger partial charge is 0.481 e. The Hall–Kier alpha value is -2.56. The summed E-state index contributed by atoms with van der Waals surface area (Å²) in [5, 5.41) is 12.5. The van der Waals surface area contributed by atoms with Crippen molar-refractivity contribution in [2.75, 3.05) is 6.54 Å². The van der Waals surface area contributed by atoms with Crippen LogP contribution in [0.1, 0.15) is 34.8 Å². The van der Waals surface area contributed by atoms with Crippen molar-refractivity contribution >= 4 is 11.9 Å². The van der Waals surface area contributed by atoms with Crippen LogP contribution in [0.5, 0.6) is 0 Å². The first-order chi connectivity index (χ1) is 10.5. The van der Waals surface area contributed by atoms with Crippen molar-refractivity contribution in [1.82, 2.24) is 10.3 Å². The third-order valence-electron chi connectivity index (χ3n) is 4.09. The predicted octanol–water partition coefficient (Wildman–Crippen LogP) is 2.49. The maximum atomic E-state index is 12.2. The van der Waals surface area contributed by atoms with Gasteiger partial charge in [0.1, 0.15) is 5.41 Å². The molecule has 1 amide bonds. The van der Waals surface area contributed by atoms with E-state index in [-0.39, 0.29) is 12.5 Å². The molecule has 2 rings (SSSR count). The summed E-state index contributed by atoms with van der Waals surface area (Å²) in [4.78, 5) is 26.9. The standard InChI is InChI=1S/C17H20N2O3/c1-3-17(16(21)22,13-7-5-4-6-8-13)11-19-15(20)14-10-18-9-12(14)2/h4-10,18H,3,11H2,1-2H3,(H,19,20)(H,21,22). The van der Waals surface area contributed by atoms with Gasteiger partial charge in [-0.1, -0.05) is 37.3 Å². The number of rotatable bonds is 6. The summed E-state index contributed by atoms with van der Waals surface area (Å²) in [6, 6.07) is 9.02. The number of carboxylic acid groups (broad SMARTS) is 1. The summed E-state index contributed by atoms with van der Waals surface area (Å²) >= 11 is 0. The molecule has 2 aromatic rings. The monoisotopic (exact) mass is 300 g/mol. The van der Waals surface area contributed by atoms with Gasteiger partial charge in [0.15, 0.2) is 0 Å². The SMILES string of the molecule is CCC(CNC(=O)c1c[nH]cc1C)(C(=O)O)c1ccccc1. The topological polar surface area (TPSA) is 82.2 Å². The van der Waals surface area contributed by atoms with Gasteiger partial charge in [-0.2, -0.15) is 0 Å². The van der Waals surface area contributed by atoms with Gasteiger partial charge in [-0.15, -0.1) is 0 Å². The Kier molecular flexibility index (Phi) is 4.65. The minimum absolute atomic E-state index is 0.0479. The number of benzene rings is 1. The van der Waals surface area contributed by atoms with Gasteiger partial charge in [-0.3, -0.25) is 9.59 Å². The van der Waals surface area contributed by atoms with Gasteiger partial charge in [0.2, 0.25) is 0 Å². The van der Waals surface area contributed by atoms with Crippen molar-refractivity contribution in [3.63, 3.8) is 0 Å². The number of carbonyl (C=O) groups is 2. The highest BCUT2D eigenvalue weighted by atomic mass is 16.4. The highest BCUT2D eigenvalue weighted by Crippen LogP contribution is 2.28. The number of hydrogen-bond acceptors (Lipinski definition) is 2. The average Bonchev–Trinajstić information content (AvgIpc) is 2.95. The molecule has 1 unspecified atom stereocenters. The normalized spacial score (nSPS) is 13.4. The Balaban J connectivity index is 2.23. The first-order valence-corrected chi connectivity index (χ1v) is 7.22. The quantitative estimate of drug-likeness (QED) is 0.766. The van der Waals surface area contributed by atoms with E-state index in [1.165, 1.54) is 0 Å². The molecule has 0 radical (unpaired) electrons. The Morgan fingerprint density at radius 3 is 2.41 bits per heavy atom. The molecule has 0 bridgehead atoms. The number of aryl methyl sites for hydroxylation is 1. The highest BCUT2D eigenvalue weighted by Gasteiger charge is 2.39. The lowest BCUT2D eigenvalue weighted by atomic mass is 9.78. The zero-order chi connectivity index (χ0) is 16.2. The molecule has 116 valence electrons. The number of aliphatic carboxylic acids is 1. The number of nitrogens with one attached hydrogen (secondary N) is 2. The highest BCUT2D eigenvalue weighted by molar-refractivity contribution is 5.96. The molecule has 0 spiro atoms. The smallest absolute Gasteiger partial charge is 0.315 e. The minimum Gasteiger partial charge on any atom is -0.481 e. The fraction of sp³-hybridized carbons (Fsp3) is 0.294. The first kappa shape index (κ1) is 15.8. The number of carbonyl (C=O) groups excluding carboxylic acids is 1. The molecule has 0 aliphatic carbocycles. The third-order valence-corrected chi connectivity index (χ3v) is 4.09. The maximum Gasteiger partial charge on any atom is 0.315 e.